The van der Waals surface area contributed by atoms with E-state index in [2.05, 4.69) is 21.2 Å². The third-order valence-electron chi connectivity index (χ3n) is 2.54. The number of carbonyl (C=O) groups is 1. The second-order valence-corrected chi connectivity index (χ2v) is 6.60. The number of halogens is 2. The fourth-order valence-corrected chi connectivity index (χ4v) is 3.40. The zero-order chi connectivity index (χ0) is 13.8. The number of carbonyl (C=O) groups excluding carboxylic acids is 1. The van der Waals surface area contributed by atoms with Crippen molar-refractivity contribution in [3.8, 4) is 0 Å². The molecule has 1 heterocycles. The number of thiophene rings is 1. The minimum atomic E-state index is -0.407. The van der Waals surface area contributed by atoms with Gasteiger partial charge in [0.25, 0.3) is 0 Å². The van der Waals surface area contributed by atoms with Crippen molar-refractivity contribution in [2.75, 3.05) is 0 Å². The van der Waals surface area contributed by atoms with Crippen LogP contribution in [0, 0.1) is 0 Å². The van der Waals surface area contributed by atoms with E-state index in [1.54, 1.807) is 12.1 Å². The van der Waals surface area contributed by atoms with E-state index in [-0.39, 0.29) is 0 Å². The van der Waals surface area contributed by atoms with Crippen LogP contribution in [0.15, 0.2) is 34.8 Å². The van der Waals surface area contributed by atoms with Gasteiger partial charge in [-0.25, -0.2) is 0 Å². The quantitative estimate of drug-likeness (QED) is 0.857. The molecule has 0 bridgehead atoms. The van der Waals surface area contributed by atoms with Crippen molar-refractivity contribution in [1.29, 1.82) is 0 Å². The van der Waals surface area contributed by atoms with E-state index in [1.165, 1.54) is 11.3 Å². The average Bonchev–Trinajstić information content (AvgIpc) is 2.69. The molecule has 2 aromatic rings. The Hall–Kier alpha value is -0.880. The summed E-state index contributed by atoms with van der Waals surface area (Å²) in [6.07, 6.45) is 0. The molecule has 2 rings (SSSR count). The van der Waals surface area contributed by atoms with Crippen LogP contribution in [0.25, 0.3) is 0 Å². The summed E-state index contributed by atoms with van der Waals surface area (Å²) in [6.45, 7) is 1.41. The van der Waals surface area contributed by atoms with E-state index < -0.39 is 5.91 Å². The normalized spacial score (nSPS) is 10.6. The first-order valence-electron chi connectivity index (χ1n) is 5.59. The van der Waals surface area contributed by atoms with Gasteiger partial charge in [-0.2, -0.15) is 0 Å². The Morgan fingerprint density at radius 2 is 2.16 bits per heavy atom. The standard InChI is InChI=1S/C13H12BrClN2OS/c14-11-5-10(19-12(11)15)7-17-6-8-2-1-3-9(4-8)13(16)18/h1-5,17H,6-7H2,(H2,16,18). The zero-order valence-corrected chi connectivity index (χ0v) is 13.1. The minimum Gasteiger partial charge on any atom is -0.366 e. The summed E-state index contributed by atoms with van der Waals surface area (Å²) in [4.78, 5) is 12.2. The van der Waals surface area contributed by atoms with Crippen LogP contribution < -0.4 is 11.1 Å². The smallest absolute Gasteiger partial charge is 0.248 e. The van der Waals surface area contributed by atoms with Crippen LogP contribution in [0.5, 0.6) is 0 Å². The number of nitrogens with one attached hydrogen (secondary N) is 1. The van der Waals surface area contributed by atoms with Crippen LogP contribution in [-0.4, -0.2) is 5.91 Å². The van der Waals surface area contributed by atoms with Crippen LogP contribution in [0.3, 0.4) is 0 Å². The zero-order valence-electron chi connectivity index (χ0n) is 9.95. The maximum absolute atomic E-state index is 11.1. The molecule has 0 aliphatic heterocycles. The van der Waals surface area contributed by atoms with Gasteiger partial charge in [0.1, 0.15) is 4.34 Å². The van der Waals surface area contributed by atoms with Crippen molar-refractivity contribution in [1.82, 2.24) is 5.32 Å². The third kappa shape index (κ3) is 4.04. The number of hydrogen-bond acceptors (Lipinski definition) is 3. The largest absolute Gasteiger partial charge is 0.366 e. The molecular formula is C13H12BrClN2OS. The van der Waals surface area contributed by atoms with Gasteiger partial charge in [0.2, 0.25) is 5.91 Å². The van der Waals surface area contributed by atoms with E-state index in [9.17, 15) is 4.79 Å². The van der Waals surface area contributed by atoms with Gasteiger partial charge in [0.05, 0.1) is 0 Å². The lowest BCUT2D eigenvalue weighted by molar-refractivity contribution is 0.1000. The van der Waals surface area contributed by atoms with Gasteiger partial charge < -0.3 is 11.1 Å². The predicted octanol–water partition coefficient (Wildman–Crippen LogP) is 3.55. The average molecular weight is 360 g/mol. The lowest BCUT2D eigenvalue weighted by atomic mass is 10.1. The molecule has 1 amide bonds. The highest BCUT2D eigenvalue weighted by molar-refractivity contribution is 9.10. The molecule has 0 saturated heterocycles. The number of hydrogen-bond donors (Lipinski definition) is 2. The molecule has 0 radical (unpaired) electrons. The summed E-state index contributed by atoms with van der Waals surface area (Å²) in [5, 5.41) is 3.30. The lowest BCUT2D eigenvalue weighted by Crippen LogP contribution is -2.14. The highest BCUT2D eigenvalue weighted by atomic mass is 79.9. The molecule has 19 heavy (non-hydrogen) atoms. The van der Waals surface area contributed by atoms with E-state index in [1.807, 2.05) is 18.2 Å². The summed E-state index contributed by atoms with van der Waals surface area (Å²) in [6, 6.07) is 9.29. The van der Waals surface area contributed by atoms with Crippen molar-refractivity contribution >= 4 is 44.8 Å². The van der Waals surface area contributed by atoms with Crippen molar-refractivity contribution in [3.05, 3.63) is 55.1 Å². The fourth-order valence-electron chi connectivity index (χ4n) is 1.64. The lowest BCUT2D eigenvalue weighted by Gasteiger charge is -2.04. The van der Waals surface area contributed by atoms with Crippen LogP contribution >= 0.6 is 38.9 Å². The molecule has 0 saturated carbocycles. The maximum atomic E-state index is 11.1. The van der Waals surface area contributed by atoms with Gasteiger partial charge in [-0.3, -0.25) is 4.79 Å². The van der Waals surface area contributed by atoms with Crippen LogP contribution in [0.4, 0.5) is 0 Å². The van der Waals surface area contributed by atoms with Gasteiger partial charge in [-0.05, 0) is 39.7 Å². The van der Waals surface area contributed by atoms with E-state index in [0.717, 1.165) is 25.8 Å². The summed E-state index contributed by atoms with van der Waals surface area (Å²) in [5.41, 5.74) is 6.80. The van der Waals surface area contributed by atoms with Gasteiger partial charge in [0, 0.05) is 28.0 Å². The first-order chi connectivity index (χ1) is 9.06. The van der Waals surface area contributed by atoms with Gasteiger partial charge in [-0.1, -0.05) is 23.7 Å². The SMILES string of the molecule is NC(=O)c1cccc(CNCc2cc(Br)c(Cl)s2)c1. The molecule has 3 N–H and O–H groups in total. The molecule has 1 aromatic carbocycles. The number of amides is 1. The topological polar surface area (TPSA) is 55.1 Å². The number of rotatable bonds is 5. The van der Waals surface area contributed by atoms with E-state index in [0.29, 0.717) is 12.1 Å². The predicted molar refractivity (Wildman–Crippen MR) is 82.5 cm³/mol. The van der Waals surface area contributed by atoms with Crippen LogP contribution in [-0.2, 0) is 13.1 Å². The third-order valence-corrected chi connectivity index (χ3v) is 5.01. The minimum absolute atomic E-state index is 0.407. The van der Waals surface area contributed by atoms with Crippen molar-refractivity contribution < 1.29 is 4.79 Å². The monoisotopic (exact) mass is 358 g/mol. The molecule has 0 fully saturated rings. The summed E-state index contributed by atoms with van der Waals surface area (Å²) in [7, 11) is 0. The van der Waals surface area contributed by atoms with E-state index in [4.69, 9.17) is 17.3 Å². The molecule has 100 valence electrons. The summed E-state index contributed by atoms with van der Waals surface area (Å²) >= 11 is 10.9. The number of benzene rings is 1. The van der Waals surface area contributed by atoms with Crippen LogP contribution in [0.2, 0.25) is 4.34 Å². The maximum Gasteiger partial charge on any atom is 0.248 e. The first kappa shape index (κ1) is 14.5. The Balaban J connectivity index is 1.92. The Kier molecular flexibility index (Phi) is 4.99. The molecule has 0 unspecified atom stereocenters. The molecule has 0 aliphatic carbocycles. The molecular weight excluding hydrogens is 348 g/mol. The van der Waals surface area contributed by atoms with Gasteiger partial charge >= 0.3 is 0 Å². The van der Waals surface area contributed by atoms with E-state index >= 15 is 0 Å². The van der Waals surface area contributed by atoms with Gasteiger partial charge in [-0.15, -0.1) is 11.3 Å². The molecule has 3 nitrogen and oxygen atoms in total. The summed E-state index contributed by atoms with van der Waals surface area (Å²) < 4.78 is 1.68. The van der Waals surface area contributed by atoms with Crippen LogP contribution in [0.1, 0.15) is 20.8 Å². The Morgan fingerprint density at radius 1 is 1.37 bits per heavy atom. The fraction of sp³-hybridized carbons (Fsp3) is 0.154. The second kappa shape index (κ2) is 6.52. The molecule has 6 heteroatoms. The Bertz CT molecular complexity index is 581. The Labute approximate surface area is 128 Å². The van der Waals surface area contributed by atoms with Crippen molar-refractivity contribution in [2.45, 2.75) is 13.1 Å². The molecule has 0 aliphatic rings. The number of primary amides is 1. The molecule has 0 atom stereocenters. The Morgan fingerprint density at radius 3 is 2.79 bits per heavy atom. The number of nitrogens with two attached hydrogens (primary N) is 1. The second-order valence-electron chi connectivity index (χ2n) is 4.00. The summed E-state index contributed by atoms with van der Waals surface area (Å²) in [5.74, 6) is -0.407. The van der Waals surface area contributed by atoms with Crippen molar-refractivity contribution in [3.63, 3.8) is 0 Å². The highest BCUT2D eigenvalue weighted by Gasteiger charge is 2.05. The highest BCUT2D eigenvalue weighted by Crippen LogP contribution is 2.31. The first-order valence-corrected chi connectivity index (χ1v) is 7.58. The van der Waals surface area contributed by atoms with Crippen molar-refractivity contribution in [2.24, 2.45) is 5.73 Å². The molecule has 1 aromatic heterocycles. The van der Waals surface area contributed by atoms with Gasteiger partial charge in [0.15, 0.2) is 0 Å². The molecule has 0 spiro atoms.